The zero-order valence-corrected chi connectivity index (χ0v) is 13.3. The van der Waals surface area contributed by atoms with Crippen LogP contribution in [0.4, 0.5) is 5.69 Å². The van der Waals surface area contributed by atoms with Crippen molar-refractivity contribution in [3.63, 3.8) is 0 Å². The minimum absolute atomic E-state index is 0.0156. The Labute approximate surface area is 126 Å². The summed E-state index contributed by atoms with van der Waals surface area (Å²) in [6.07, 6.45) is 0. The molecular weight excluding hydrogens is 332 g/mol. The van der Waals surface area contributed by atoms with Crippen molar-refractivity contribution in [1.29, 1.82) is 0 Å². The Hall–Kier alpha value is -1.07. The average Bonchev–Trinajstić information content (AvgIpc) is 2.29. The van der Waals surface area contributed by atoms with Crippen molar-refractivity contribution in [1.82, 2.24) is 5.32 Å². The third-order valence-corrected chi connectivity index (χ3v) is 3.30. The van der Waals surface area contributed by atoms with Gasteiger partial charge in [-0.15, -0.1) is 0 Å². The Morgan fingerprint density at radius 2 is 1.95 bits per heavy atom. The van der Waals surface area contributed by atoms with E-state index in [2.05, 4.69) is 26.6 Å². The highest BCUT2D eigenvalue weighted by atomic mass is 79.9. The van der Waals surface area contributed by atoms with Crippen LogP contribution in [0.5, 0.6) is 0 Å². The molecule has 1 unspecified atom stereocenters. The van der Waals surface area contributed by atoms with Crippen LogP contribution in [0.25, 0.3) is 0 Å². The first-order valence-electron chi connectivity index (χ1n) is 5.84. The second kappa shape index (κ2) is 6.91. The molecule has 0 saturated carbocycles. The number of carbonyl (C=O) groups excluding carboxylic acids is 2. The zero-order valence-electron chi connectivity index (χ0n) is 11.0. The number of halogens is 2. The highest BCUT2D eigenvalue weighted by Crippen LogP contribution is 2.25. The SMILES string of the molecule is CC(=O)NC(C(=O)Nc1ccc(Br)cc1Cl)C(C)C. The van der Waals surface area contributed by atoms with Crippen LogP contribution in [-0.2, 0) is 9.59 Å². The van der Waals surface area contributed by atoms with Gasteiger partial charge in [-0.1, -0.05) is 41.4 Å². The molecule has 1 atom stereocenters. The monoisotopic (exact) mass is 346 g/mol. The standard InChI is InChI=1S/C13H16BrClN2O2/c1-7(2)12(16-8(3)18)13(19)17-11-5-4-9(14)6-10(11)15/h4-7,12H,1-3H3,(H,16,18)(H,17,19). The lowest BCUT2D eigenvalue weighted by Crippen LogP contribution is -2.46. The van der Waals surface area contributed by atoms with E-state index in [-0.39, 0.29) is 17.7 Å². The second-order valence-electron chi connectivity index (χ2n) is 4.54. The van der Waals surface area contributed by atoms with Gasteiger partial charge in [-0.2, -0.15) is 0 Å². The number of anilines is 1. The van der Waals surface area contributed by atoms with Gasteiger partial charge in [0.25, 0.3) is 0 Å². The van der Waals surface area contributed by atoms with Crippen LogP contribution in [0.2, 0.25) is 5.02 Å². The molecule has 1 rings (SSSR count). The fourth-order valence-electron chi connectivity index (χ4n) is 1.56. The van der Waals surface area contributed by atoms with Gasteiger partial charge >= 0.3 is 0 Å². The Bertz CT molecular complexity index is 492. The summed E-state index contributed by atoms with van der Waals surface area (Å²) in [5.74, 6) is -0.539. The lowest BCUT2D eigenvalue weighted by molar-refractivity contribution is -0.126. The number of rotatable bonds is 4. The van der Waals surface area contributed by atoms with Crippen LogP contribution >= 0.6 is 27.5 Å². The van der Waals surface area contributed by atoms with Gasteiger partial charge in [0.2, 0.25) is 11.8 Å². The zero-order chi connectivity index (χ0) is 14.6. The van der Waals surface area contributed by atoms with Crippen LogP contribution in [0.3, 0.4) is 0 Å². The second-order valence-corrected chi connectivity index (χ2v) is 5.86. The first-order chi connectivity index (χ1) is 8.81. The van der Waals surface area contributed by atoms with Gasteiger partial charge in [0.1, 0.15) is 6.04 Å². The Morgan fingerprint density at radius 1 is 1.32 bits per heavy atom. The molecule has 19 heavy (non-hydrogen) atoms. The van der Waals surface area contributed by atoms with Crippen LogP contribution in [0.15, 0.2) is 22.7 Å². The van der Waals surface area contributed by atoms with Gasteiger partial charge in [0.05, 0.1) is 10.7 Å². The third-order valence-electron chi connectivity index (χ3n) is 2.50. The number of carbonyl (C=O) groups is 2. The van der Waals surface area contributed by atoms with Crippen molar-refractivity contribution in [3.8, 4) is 0 Å². The lowest BCUT2D eigenvalue weighted by Gasteiger charge is -2.21. The molecule has 0 spiro atoms. The molecule has 104 valence electrons. The van der Waals surface area contributed by atoms with E-state index in [4.69, 9.17) is 11.6 Å². The summed E-state index contributed by atoms with van der Waals surface area (Å²) >= 11 is 9.32. The van der Waals surface area contributed by atoms with E-state index in [0.29, 0.717) is 10.7 Å². The van der Waals surface area contributed by atoms with Gasteiger partial charge in [0.15, 0.2) is 0 Å². The number of nitrogens with one attached hydrogen (secondary N) is 2. The smallest absolute Gasteiger partial charge is 0.247 e. The molecule has 2 amide bonds. The van der Waals surface area contributed by atoms with E-state index < -0.39 is 6.04 Å². The van der Waals surface area contributed by atoms with E-state index in [0.717, 1.165) is 4.47 Å². The van der Waals surface area contributed by atoms with Crippen molar-refractivity contribution in [2.75, 3.05) is 5.32 Å². The molecule has 2 N–H and O–H groups in total. The molecule has 6 heteroatoms. The molecule has 0 aliphatic heterocycles. The molecule has 0 fully saturated rings. The summed E-state index contributed by atoms with van der Waals surface area (Å²) in [6, 6.07) is 4.59. The van der Waals surface area contributed by atoms with Gasteiger partial charge in [0, 0.05) is 11.4 Å². The van der Waals surface area contributed by atoms with E-state index in [9.17, 15) is 9.59 Å². The normalized spacial score (nSPS) is 12.1. The van der Waals surface area contributed by atoms with E-state index >= 15 is 0 Å². The molecule has 0 radical (unpaired) electrons. The Kier molecular flexibility index (Phi) is 5.82. The fourth-order valence-corrected chi connectivity index (χ4v) is 2.28. The number of amides is 2. The number of benzene rings is 1. The average molecular weight is 348 g/mol. The summed E-state index contributed by atoms with van der Waals surface area (Å²) in [6.45, 7) is 5.11. The van der Waals surface area contributed by atoms with Crippen molar-refractivity contribution >= 4 is 45.0 Å². The quantitative estimate of drug-likeness (QED) is 0.878. The molecule has 0 aliphatic carbocycles. The van der Waals surface area contributed by atoms with E-state index in [1.54, 1.807) is 18.2 Å². The molecule has 0 aromatic heterocycles. The topological polar surface area (TPSA) is 58.2 Å². The number of hydrogen-bond acceptors (Lipinski definition) is 2. The third kappa shape index (κ3) is 4.84. The van der Waals surface area contributed by atoms with E-state index in [1.807, 2.05) is 13.8 Å². The van der Waals surface area contributed by atoms with Crippen LogP contribution < -0.4 is 10.6 Å². The summed E-state index contributed by atoms with van der Waals surface area (Å²) in [5.41, 5.74) is 0.519. The summed E-state index contributed by atoms with van der Waals surface area (Å²) in [4.78, 5) is 23.2. The lowest BCUT2D eigenvalue weighted by atomic mass is 10.0. The van der Waals surface area contributed by atoms with Gasteiger partial charge in [-0.3, -0.25) is 9.59 Å². The molecule has 1 aromatic carbocycles. The summed E-state index contributed by atoms with van der Waals surface area (Å²) in [7, 11) is 0. The van der Waals surface area contributed by atoms with Gasteiger partial charge in [-0.25, -0.2) is 0 Å². The minimum Gasteiger partial charge on any atom is -0.344 e. The molecule has 1 aromatic rings. The maximum absolute atomic E-state index is 12.1. The fraction of sp³-hybridized carbons (Fsp3) is 0.385. The van der Waals surface area contributed by atoms with Crippen LogP contribution in [-0.4, -0.2) is 17.9 Å². The molecule has 0 bridgehead atoms. The Balaban J connectivity index is 2.84. The first kappa shape index (κ1) is 16.0. The highest BCUT2D eigenvalue weighted by Gasteiger charge is 2.23. The van der Waals surface area contributed by atoms with Gasteiger partial charge in [-0.05, 0) is 24.1 Å². The minimum atomic E-state index is -0.586. The first-order valence-corrected chi connectivity index (χ1v) is 7.01. The maximum Gasteiger partial charge on any atom is 0.247 e. The molecule has 0 saturated heterocycles. The number of hydrogen-bond donors (Lipinski definition) is 2. The van der Waals surface area contributed by atoms with Crippen molar-refractivity contribution in [3.05, 3.63) is 27.7 Å². The van der Waals surface area contributed by atoms with Crippen molar-refractivity contribution in [2.45, 2.75) is 26.8 Å². The maximum atomic E-state index is 12.1. The molecular formula is C13H16BrClN2O2. The predicted octanol–water partition coefficient (Wildman–Crippen LogP) is 3.20. The van der Waals surface area contributed by atoms with Crippen LogP contribution in [0.1, 0.15) is 20.8 Å². The van der Waals surface area contributed by atoms with Crippen LogP contribution in [0, 0.1) is 5.92 Å². The largest absolute Gasteiger partial charge is 0.344 e. The summed E-state index contributed by atoms with van der Waals surface area (Å²) in [5, 5.41) is 5.78. The molecule has 0 heterocycles. The Morgan fingerprint density at radius 3 is 2.42 bits per heavy atom. The van der Waals surface area contributed by atoms with Crippen molar-refractivity contribution < 1.29 is 9.59 Å². The molecule has 4 nitrogen and oxygen atoms in total. The highest BCUT2D eigenvalue weighted by molar-refractivity contribution is 9.10. The van der Waals surface area contributed by atoms with E-state index in [1.165, 1.54) is 6.92 Å². The van der Waals surface area contributed by atoms with Crippen molar-refractivity contribution in [2.24, 2.45) is 5.92 Å². The predicted molar refractivity (Wildman–Crippen MR) is 80.2 cm³/mol. The molecule has 0 aliphatic rings. The summed E-state index contributed by atoms with van der Waals surface area (Å²) < 4.78 is 0.831. The van der Waals surface area contributed by atoms with Gasteiger partial charge < -0.3 is 10.6 Å².